The van der Waals surface area contributed by atoms with Crippen LogP contribution in [-0.4, -0.2) is 26.0 Å². The monoisotopic (exact) mass is 322 g/mol. The van der Waals surface area contributed by atoms with Gasteiger partial charge >= 0.3 is 0 Å². The number of nitrogens with one attached hydrogen (secondary N) is 1. The molecule has 0 aliphatic heterocycles. The van der Waals surface area contributed by atoms with E-state index in [-0.39, 0.29) is 4.90 Å². The predicted molar refractivity (Wildman–Crippen MR) is 81.6 cm³/mol. The van der Waals surface area contributed by atoms with Crippen molar-refractivity contribution in [2.24, 2.45) is 0 Å². The van der Waals surface area contributed by atoms with Gasteiger partial charge in [-0.1, -0.05) is 0 Å². The summed E-state index contributed by atoms with van der Waals surface area (Å²) >= 11 is 0. The summed E-state index contributed by atoms with van der Waals surface area (Å²) in [6.45, 7) is 0. The van der Waals surface area contributed by atoms with E-state index in [1.165, 1.54) is 37.4 Å². The van der Waals surface area contributed by atoms with Crippen LogP contribution in [0.1, 0.15) is 10.4 Å². The van der Waals surface area contributed by atoms with Crippen LogP contribution < -0.4 is 15.8 Å². The Morgan fingerprint density at radius 3 is 2.32 bits per heavy atom. The molecule has 0 radical (unpaired) electrons. The van der Waals surface area contributed by atoms with Gasteiger partial charge in [0.25, 0.3) is 16.0 Å². The van der Waals surface area contributed by atoms with E-state index in [4.69, 9.17) is 15.0 Å². The standard InChI is InChI=1S/C14H14N2O5S/c1-21-13-7-2-9(8-12(13)15)14(17)16-10-3-5-11(6-4-10)22(18,19)20/h2-8H,15H2,1H3,(H,16,17)(H,18,19,20). The molecule has 2 aromatic rings. The summed E-state index contributed by atoms with van der Waals surface area (Å²) in [5.74, 6) is 0.0583. The number of nitrogens with two attached hydrogens (primary N) is 1. The lowest BCUT2D eigenvalue weighted by atomic mass is 10.1. The number of benzene rings is 2. The number of rotatable bonds is 4. The summed E-state index contributed by atoms with van der Waals surface area (Å²) < 4.78 is 35.7. The first-order valence-corrected chi connectivity index (χ1v) is 7.57. The molecule has 22 heavy (non-hydrogen) atoms. The van der Waals surface area contributed by atoms with E-state index in [1.807, 2.05) is 0 Å². The summed E-state index contributed by atoms with van der Waals surface area (Å²) in [6, 6.07) is 9.71. The molecule has 0 spiro atoms. The molecule has 2 aromatic carbocycles. The van der Waals surface area contributed by atoms with E-state index < -0.39 is 16.0 Å². The zero-order valence-electron chi connectivity index (χ0n) is 11.6. The molecule has 0 heterocycles. The number of carbonyl (C=O) groups is 1. The van der Waals surface area contributed by atoms with E-state index >= 15 is 0 Å². The van der Waals surface area contributed by atoms with Crippen molar-refractivity contribution in [3.8, 4) is 5.75 Å². The molecule has 0 unspecified atom stereocenters. The molecule has 0 bridgehead atoms. The van der Waals surface area contributed by atoms with Gasteiger partial charge in [0.15, 0.2) is 0 Å². The van der Waals surface area contributed by atoms with Gasteiger partial charge in [0.2, 0.25) is 0 Å². The summed E-state index contributed by atoms with van der Waals surface area (Å²) in [4.78, 5) is 11.8. The number of hydrogen-bond donors (Lipinski definition) is 3. The van der Waals surface area contributed by atoms with Gasteiger partial charge in [-0.3, -0.25) is 9.35 Å². The molecule has 4 N–H and O–H groups in total. The van der Waals surface area contributed by atoms with Crippen molar-refractivity contribution < 1.29 is 22.5 Å². The van der Waals surface area contributed by atoms with E-state index in [0.29, 0.717) is 22.7 Å². The SMILES string of the molecule is COc1ccc(C(=O)Nc2ccc(S(=O)(=O)O)cc2)cc1N. The van der Waals surface area contributed by atoms with Crippen molar-refractivity contribution in [3.63, 3.8) is 0 Å². The second-order valence-electron chi connectivity index (χ2n) is 4.41. The van der Waals surface area contributed by atoms with Crippen LogP contribution in [0.25, 0.3) is 0 Å². The molecule has 0 saturated heterocycles. The lowest BCUT2D eigenvalue weighted by Crippen LogP contribution is -2.12. The number of methoxy groups -OCH3 is 1. The first-order chi connectivity index (χ1) is 10.3. The Hall–Kier alpha value is -2.58. The Labute approximate surface area is 127 Å². The van der Waals surface area contributed by atoms with Crippen molar-refractivity contribution in [1.82, 2.24) is 0 Å². The maximum Gasteiger partial charge on any atom is 0.294 e. The first-order valence-electron chi connectivity index (χ1n) is 6.13. The first kappa shape index (κ1) is 15.8. The average Bonchev–Trinajstić information content (AvgIpc) is 2.46. The van der Waals surface area contributed by atoms with Crippen LogP contribution in [-0.2, 0) is 10.1 Å². The van der Waals surface area contributed by atoms with E-state index in [0.717, 1.165) is 0 Å². The van der Waals surface area contributed by atoms with E-state index in [1.54, 1.807) is 12.1 Å². The van der Waals surface area contributed by atoms with Crippen LogP contribution in [0.5, 0.6) is 5.75 Å². The number of hydrogen-bond acceptors (Lipinski definition) is 5. The highest BCUT2D eigenvalue weighted by Gasteiger charge is 2.11. The second kappa shape index (κ2) is 6.04. The van der Waals surface area contributed by atoms with Crippen LogP contribution in [0.15, 0.2) is 47.4 Å². The van der Waals surface area contributed by atoms with Crippen LogP contribution >= 0.6 is 0 Å². The molecular formula is C14H14N2O5S. The highest BCUT2D eigenvalue weighted by atomic mass is 32.2. The molecule has 1 amide bonds. The third-order valence-corrected chi connectivity index (χ3v) is 3.77. The minimum atomic E-state index is -4.26. The largest absolute Gasteiger partial charge is 0.495 e. The third kappa shape index (κ3) is 3.54. The molecule has 7 nitrogen and oxygen atoms in total. The number of anilines is 2. The highest BCUT2D eigenvalue weighted by Crippen LogP contribution is 2.22. The minimum absolute atomic E-state index is 0.251. The van der Waals surface area contributed by atoms with Gasteiger partial charge in [-0.15, -0.1) is 0 Å². The molecule has 0 aliphatic rings. The molecule has 0 saturated carbocycles. The van der Waals surface area contributed by atoms with E-state index in [9.17, 15) is 13.2 Å². The summed E-state index contributed by atoms with van der Waals surface area (Å²) in [7, 11) is -2.78. The topological polar surface area (TPSA) is 119 Å². The maximum atomic E-state index is 12.1. The fourth-order valence-electron chi connectivity index (χ4n) is 1.79. The van der Waals surface area contributed by atoms with Crippen LogP contribution in [0, 0.1) is 0 Å². The summed E-state index contributed by atoms with van der Waals surface area (Å²) in [6.07, 6.45) is 0. The van der Waals surface area contributed by atoms with Gasteiger partial charge in [0.05, 0.1) is 17.7 Å². The van der Waals surface area contributed by atoms with Crippen molar-refractivity contribution in [2.75, 3.05) is 18.2 Å². The second-order valence-corrected chi connectivity index (χ2v) is 5.83. The van der Waals surface area contributed by atoms with Gasteiger partial charge in [0, 0.05) is 11.3 Å². The van der Waals surface area contributed by atoms with Crippen molar-refractivity contribution in [3.05, 3.63) is 48.0 Å². The molecule has 0 fully saturated rings. The molecule has 0 aliphatic carbocycles. The Kier molecular flexibility index (Phi) is 4.34. The van der Waals surface area contributed by atoms with Gasteiger partial charge in [-0.2, -0.15) is 8.42 Å². The van der Waals surface area contributed by atoms with Crippen molar-refractivity contribution >= 4 is 27.4 Å². The quantitative estimate of drug-likeness (QED) is 0.583. The smallest absolute Gasteiger partial charge is 0.294 e. The molecule has 116 valence electrons. The molecule has 8 heteroatoms. The highest BCUT2D eigenvalue weighted by molar-refractivity contribution is 7.85. The fraction of sp³-hybridized carbons (Fsp3) is 0.0714. The normalized spacial score (nSPS) is 11.0. The zero-order chi connectivity index (χ0) is 16.3. The molecule has 0 aromatic heterocycles. The fourth-order valence-corrected chi connectivity index (χ4v) is 2.27. The predicted octanol–water partition coefficient (Wildman–Crippen LogP) is 1.78. The zero-order valence-corrected chi connectivity index (χ0v) is 12.4. The Balaban J connectivity index is 2.17. The van der Waals surface area contributed by atoms with Gasteiger partial charge in [-0.05, 0) is 42.5 Å². The van der Waals surface area contributed by atoms with Gasteiger partial charge in [0.1, 0.15) is 5.75 Å². The lowest BCUT2D eigenvalue weighted by molar-refractivity contribution is 0.102. The Morgan fingerprint density at radius 2 is 1.82 bits per heavy atom. The van der Waals surface area contributed by atoms with E-state index in [2.05, 4.69) is 5.32 Å². The molecule has 2 rings (SSSR count). The van der Waals surface area contributed by atoms with Crippen LogP contribution in [0.3, 0.4) is 0 Å². The maximum absolute atomic E-state index is 12.1. The van der Waals surface area contributed by atoms with Crippen molar-refractivity contribution in [1.29, 1.82) is 0 Å². The molecular weight excluding hydrogens is 308 g/mol. The minimum Gasteiger partial charge on any atom is -0.495 e. The number of amides is 1. The van der Waals surface area contributed by atoms with Gasteiger partial charge < -0.3 is 15.8 Å². The Morgan fingerprint density at radius 1 is 1.18 bits per heavy atom. The summed E-state index contributed by atoms with van der Waals surface area (Å²) in [5, 5.41) is 2.59. The number of carbonyl (C=O) groups excluding carboxylic acids is 1. The third-order valence-electron chi connectivity index (χ3n) is 2.90. The molecule has 0 atom stereocenters. The van der Waals surface area contributed by atoms with Crippen LogP contribution in [0.4, 0.5) is 11.4 Å². The number of nitrogen functional groups attached to an aromatic ring is 1. The van der Waals surface area contributed by atoms with Gasteiger partial charge in [-0.25, -0.2) is 0 Å². The Bertz CT molecular complexity index is 800. The average molecular weight is 322 g/mol. The van der Waals surface area contributed by atoms with Crippen LogP contribution in [0.2, 0.25) is 0 Å². The number of ether oxygens (including phenoxy) is 1. The van der Waals surface area contributed by atoms with Crippen molar-refractivity contribution in [2.45, 2.75) is 4.90 Å². The summed E-state index contributed by atoms with van der Waals surface area (Å²) in [5.41, 5.74) is 6.77. The lowest BCUT2D eigenvalue weighted by Gasteiger charge is -2.08.